The van der Waals surface area contributed by atoms with Crippen LogP contribution in [0.4, 0.5) is 40.9 Å². The molecule has 0 aliphatic carbocycles. The molecule has 1 aliphatic heterocycles. The van der Waals surface area contributed by atoms with Crippen LogP contribution < -0.4 is 15.4 Å². The monoisotopic (exact) mass is 618 g/mol. The van der Waals surface area contributed by atoms with Gasteiger partial charge < -0.3 is 15.4 Å². The van der Waals surface area contributed by atoms with Gasteiger partial charge in [0.1, 0.15) is 17.1 Å². The van der Waals surface area contributed by atoms with Gasteiger partial charge in [-0.05, 0) is 42.4 Å². The van der Waals surface area contributed by atoms with E-state index in [1.807, 2.05) is 0 Å². The third-order valence-electron chi connectivity index (χ3n) is 5.97. The van der Waals surface area contributed by atoms with Gasteiger partial charge in [-0.3, -0.25) is 14.3 Å². The van der Waals surface area contributed by atoms with E-state index >= 15 is 0 Å². The maximum Gasteiger partial charge on any atom is 0.522 e. The second-order valence-corrected chi connectivity index (χ2v) is 9.82. The number of aromatic nitrogens is 2. The van der Waals surface area contributed by atoms with Gasteiger partial charge in [0.25, 0.3) is 5.91 Å². The number of alkyl halides is 8. The average Bonchev–Trinajstić information content (AvgIpc) is 3.21. The fourth-order valence-corrected chi connectivity index (χ4v) is 4.45. The molecule has 0 radical (unpaired) electrons. The molecule has 3 rings (SSSR count). The van der Waals surface area contributed by atoms with Crippen molar-refractivity contribution in [1.82, 2.24) is 15.1 Å². The lowest BCUT2D eigenvalue weighted by atomic mass is 9.91. The van der Waals surface area contributed by atoms with Crippen molar-refractivity contribution in [3.05, 3.63) is 40.6 Å². The molecule has 0 spiro atoms. The van der Waals surface area contributed by atoms with Gasteiger partial charge in [-0.25, -0.2) is 4.68 Å². The van der Waals surface area contributed by atoms with Crippen LogP contribution in [0.2, 0.25) is 0 Å². The number of halogens is 8. The van der Waals surface area contributed by atoms with Crippen LogP contribution in [0, 0.1) is 0 Å². The maximum absolute atomic E-state index is 13.3. The van der Waals surface area contributed by atoms with Gasteiger partial charge in [-0.1, -0.05) is 13.0 Å². The first-order chi connectivity index (χ1) is 19.1. The van der Waals surface area contributed by atoms with Gasteiger partial charge in [0.05, 0.1) is 24.1 Å². The highest BCUT2D eigenvalue weighted by atomic mass is 32.2. The highest BCUT2D eigenvalue weighted by Crippen LogP contribution is 2.37. The molecule has 228 valence electrons. The number of rotatable bonds is 12. The minimum absolute atomic E-state index is 0.0204. The van der Waals surface area contributed by atoms with Crippen LogP contribution in [0.1, 0.15) is 46.6 Å². The lowest BCUT2D eigenvalue weighted by Crippen LogP contribution is -2.41. The van der Waals surface area contributed by atoms with Crippen LogP contribution in [-0.4, -0.2) is 65.3 Å². The third-order valence-corrected chi connectivity index (χ3v) is 6.52. The van der Waals surface area contributed by atoms with E-state index in [2.05, 4.69) is 20.5 Å². The molecular formula is C24H26F8N4O4S. The SMILES string of the molecule is CCc1cc(OCC(F)(F)C(F)(F)F)ccc1C1Cc2nn(CCCOC(F)(F)F)c(NC(=O)CSC)c2C(=O)N1. The zero-order valence-electron chi connectivity index (χ0n) is 21.7. The first-order valence-corrected chi connectivity index (χ1v) is 13.6. The number of aryl methyl sites for hydroxylation is 2. The predicted molar refractivity (Wildman–Crippen MR) is 132 cm³/mol. The summed E-state index contributed by atoms with van der Waals surface area (Å²) in [5, 5.41) is 9.72. The average molecular weight is 619 g/mol. The minimum atomic E-state index is -5.77. The first kappa shape index (κ1) is 32.4. The van der Waals surface area contributed by atoms with Crippen LogP contribution in [0.25, 0.3) is 0 Å². The van der Waals surface area contributed by atoms with E-state index in [1.54, 1.807) is 13.2 Å². The van der Waals surface area contributed by atoms with Crippen molar-refractivity contribution in [1.29, 1.82) is 0 Å². The fourth-order valence-electron chi connectivity index (χ4n) is 4.12. The summed E-state index contributed by atoms with van der Waals surface area (Å²) in [5.74, 6) is -6.28. The molecule has 0 bridgehead atoms. The van der Waals surface area contributed by atoms with Crippen LogP contribution >= 0.6 is 11.8 Å². The van der Waals surface area contributed by atoms with Gasteiger partial charge in [0.2, 0.25) is 5.91 Å². The number of nitrogens with zero attached hydrogens (tertiary/aromatic N) is 2. The van der Waals surface area contributed by atoms with Gasteiger partial charge in [0.15, 0.2) is 6.61 Å². The molecule has 1 unspecified atom stereocenters. The van der Waals surface area contributed by atoms with E-state index in [1.165, 1.54) is 34.6 Å². The summed E-state index contributed by atoms with van der Waals surface area (Å²) in [6.45, 7) is -0.978. The lowest BCUT2D eigenvalue weighted by Gasteiger charge is -2.26. The quantitative estimate of drug-likeness (QED) is 0.249. The molecule has 0 saturated carbocycles. The zero-order chi connectivity index (χ0) is 30.6. The number of hydrogen-bond donors (Lipinski definition) is 2. The van der Waals surface area contributed by atoms with Crippen LogP contribution in [0.15, 0.2) is 18.2 Å². The van der Waals surface area contributed by atoms with Crippen molar-refractivity contribution < 1.29 is 54.2 Å². The van der Waals surface area contributed by atoms with Crippen molar-refractivity contribution in [2.24, 2.45) is 0 Å². The molecule has 0 fully saturated rings. The molecule has 1 aliphatic rings. The molecule has 2 amide bonds. The molecule has 41 heavy (non-hydrogen) atoms. The summed E-state index contributed by atoms with van der Waals surface area (Å²) in [6, 6.07) is 3.25. The molecule has 1 atom stereocenters. The summed E-state index contributed by atoms with van der Waals surface area (Å²) in [7, 11) is 0. The Kier molecular flexibility index (Phi) is 10.2. The zero-order valence-corrected chi connectivity index (χ0v) is 22.5. The Morgan fingerprint density at radius 3 is 2.51 bits per heavy atom. The highest BCUT2D eigenvalue weighted by Gasteiger charge is 2.58. The summed E-state index contributed by atoms with van der Waals surface area (Å²) in [5.41, 5.74) is 1.33. The van der Waals surface area contributed by atoms with Gasteiger partial charge in [0, 0.05) is 13.0 Å². The summed E-state index contributed by atoms with van der Waals surface area (Å²) >= 11 is 1.21. The Bertz CT molecular complexity index is 1250. The molecule has 8 nitrogen and oxygen atoms in total. The second-order valence-electron chi connectivity index (χ2n) is 8.96. The van der Waals surface area contributed by atoms with E-state index in [9.17, 15) is 44.7 Å². The number of anilines is 1. The molecule has 1 aromatic heterocycles. The minimum Gasteiger partial charge on any atom is -0.487 e. The lowest BCUT2D eigenvalue weighted by molar-refractivity contribution is -0.324. The Labute approximate surface area is 233 Å². The number of fused-ring (bicyclic) bond motifs is 1. The van der Waals surface area contributed by atoms with Crippen LogP contribution in [-0.2, 0) is 28.9 Å². The normalized spacial score (nSPS) is 15.9. The number of carbonyl (C=O) groups is 2. The van der Waals surface area contributed by atoms with Crippen molar-refractivity contribution in [2.45, 2.75) is 57.2 Å². The molecule has 2 aromatic rings. The van der Waals surface area contributed by atoms with Crippen molar-refractivity contribution in [3.63, 3.8) is 0 Å². The maximum atomic E-state index is 13.3. The van der Waals surface area contributed by atoms with Crippen molar-refractivity contribution in [3.8, 4) is 5.75 Å². The molecule has 2 N–H and O–H groups in total. The van der Waals surface area contributed by atoms with Crippen LogP contribution in [0.3, 0.4) is 0 Å². The second kappa shape index (κ2) is 12.8. The van der Waals surface area contributed by atoms with Crippen molar-refractivity contribution >= 4 is 29.4 Å². The van der Waals surface area contributed by atoms with E-state index < -0.39 is 49.5 Å². The first-order valence-electron chi connectivity index (χ1n) is 12.2. The summed E-state index contributed by atoms with van der Waals surface area (Å²) < 4.78 is 111. The smallest absolute Gasteiger partial charge is 0.487 e. The third kappa shape index (κ3) is 8.24. The topological polar surface area (TPSA) is 94.5 Å². The Balaban J connectivity index is 1.84. The largest absolute Gasteiger partial charge is 0.522 e. The number of amides is 2. The van der Waals surface area contributed by atoms with E-state index in [0.29, 0.717) is 17.5 Å². The molecular weight excluding hydrogens is 592 g/mol. The summed E-state index contributed by atoms with van der Waals surface area (Å²) in [6.07, 6.45) is -8.63. The molecule has 0 saturated heterocycles. The van der Waals surface area contributed by atoms with Crippen LogP contribution in [0.5, 0.6) is 5.75 Å². The molecule has 2 heterocycles. The van der Waals surface area contributed by atoms with E-state index in [4.69, 9.17) is 4.74 Å². The highest BCUT2D eigenvalue weighted by molar-refractivity contribution is 7.99. The molecule has 17 heteroatoms. The number of carbonyl (C=O) groups excluding carboxylic acids is 2. The molecule has 1 aromatic carbocycles. The fraction of sp³-hybridized carbons (Fsp3) is 0.542. The van der Waals surface area contributed by atoms with Crippen molar-refractivity contribution in [2.75, 3.05) is 30.5 Å². The number of nitrogens with one attached hydrogen (secondary N) is 2. The number of benzene rings is 1. The standard InChI is InChI=1S/C24H26F8N4O4S/c1-3-13-9-14(39-12-22(25,26)23(27,28)29)5-6-15(13)16-10-17-19(21(38)33-16)20(34-18(37)11-41-2)36(35-17)7-4-8-40-24(30,31)32/h5-6,9,16H,3-4,7-8,10-12H2,1-2H3,(H,33,38)(H,34,37). The predicted octanol–water partition coefficient (Wildman–Crippen LogP) is 5.28. The van der Waals surface area contributed by atoms with Gasteiger partial charge >= 0.3 is 18.5 Å². The number of hydrogen-bond acceptors (Lipinski definition) is 6. The Morgan fingerprint density at radius 1 is 1.20 bits per heavy atom. The van der Waals surface area contributed by atoms with E-state index in [-0.39, 0.29) is 48.0 Å². The number of ether oxygens (including phenoxy) is 2. The van der Waals surface area contributed by atoms with Gasteiger partial charge in [-0.2, -0.15) is 38.8 Å². The van der Waals surface area contributed by atoms with E-state index in [0.717, 1.165) is 0 Å². The number of thioether (sulfide) groups is 1. The van der Waals surface area contributed by atoms with Gasteiger partial charge in [-0.15, -0.1) is 13.2 Å². The summed E-state index contributed by atoms with van der Waals surface area (Å²) in [4.78, 5) is 25.5. The Hall–Kier alpha value is -3.08. The Morgan fingerprint density at radius 2 is 1.90 bits per heavy atom.